The number of aromatic hydroxyl groups is 1. The molecule has 27 heteroatoms. The number of carbonyl (C=O) groups is 11. The number of hydrogen-bond donors (Lipinski definition) is 13. The summed E-state index contributed by atoms with van der Waals surface area (Å²) >= 11 is 1.34. The minimum atomic E-state index is -1.68. The number of hydrogen-bond acceptors (Lipinski definition) is 15. The van der Waals surface area contributed by atoms with Gasteiger partial charge in [0.2, 0.25) is 47.3 Å². The van der Waals surface area contributed by atoms with Crippen LogP contribution in [0.15, 0.2) is 116 Å². The SMILES string of the molecule is CSCC[C@H](NC(=O)[C@H](Cc1c[nH]c2ccccc12)NC(=O)[C@H](CCC(N)=O)NC(=O)[C@@H]([NH3+])Cc1ccccc1)C(=O)NCC(=O)N[C@@H](Cc1ccc(O)cc1)C(=O)N[C@@H](CCC(=O)[O-])C(=O)N[C@@H](CC(C)C)C(=O)N[C@@H](Cc1c[nH]c2ccccc12)C(=O)[O-]. The van der Waals surface area contributed by atoms with Gasteiger partial charge in [-0.3, -0.25) is 43.2 Å². The number of benzene rings is 4. The van der Waals surface area contributed by atoms with Crippen LogP contribution >= 0.6 is 11.8 Å². The maximum absolute atomic E-state index is 14.6. The second kappa shape index (κ2) is 34.1. The van der Waals surface area contributed by atoms with Crippen LogP contribution in [0.5, 0.6) is 5.75 Å². The largest absolute Gasteiger partial charge is 0.550 e. The summed E-state index contributed by atoms with van der Waals surface area (Å²) in [6, 6.07) is 17.8. The third-order valence-electron chi connectivity index (χ3n) is 14.7. The van der Waals surface area contributed by atoms with E-state index in [1.807, 2.05) is 24.3 Å². The predicted molar refractivity (Wildman–Crippen MR) is 329 cm³/mol. The Morgan fingerprint density at radius 2 is 0.978 bits per heavy atom. The maximum Gasteiger partial charge on any atom is 0.279 e. The summed E-state index contributed by atoms with van der Waals surface area (Å²) < 4.78 is 0. The van der Waals surface area contributed by atoms with Gasteiger partial charge in [0.1, 0.15) is 42.0 Å². The number of aliphatic carboxylic acids is 2. The Labute approximate surface area is 523 Å². The summed E-state index contributed by atoms with van der Waals surface area (Å²) in [6.07, 6.45) is 2.77. The molecule has 0 aliphatic rings. The lowest BCUT2D eigenvalue weighted by atomic mass is 10.00. The van der Waals surface area contributed by atoms with Crippen molar-refractivity contribution in [1.29, 1.82) is 0 Å². The topological polar surface area (TPSA) is 436 Å². The van der Waals surface area contributed by atoms with Crippen molar-refractivity contribution in [2.75, 3.05) is 18.6 Å². The Morgan fingerprint density at radius 3 is 1.52 bits per heavy atom. The smallest absolute Gasteiger partial charge is 0.279 e. The number of nitrogens with two attached hydrogens (primary N) is 1. The fourth-order valence-corrected chi connectivity index (χ4v) is 10.5. The van der Waals surface area contributed by atoms with E-state index in [9.17, 15) is 68.1 Å². The molecule has 6 aromatic rings. The molecule has 0 aliphatic carbocycles. The highest BCUT2D eigenvalue weighted by Gasteiger charge is 2.35. The number of phenols is 1. The van der Waals surface area contributed by atoms with Gasteiger partial charge < -0.3 is 88.9 Å². The number of fused-ring (bicyclic) bond motifs is 2. The van der Waals surface area contributed by atoms with Crippen LogP contribution in [0.3, 0.4) is 0 Å². The molecule has 0 radical (unpaired) electrons. The number of para-hydroxylation sites is 2. The van der Waals surface area contributed by atoms with E-state index < -0.39 is 133 Å². The highest BCUT2D eigenvalue weighted by Crippen LogP contribution is 2.22. The average molecular weight is 1260 g/mol. The minimum absolute atomic E-state index is 0.0148. The first-order valence-corrected chi connectivity index (χ1v) is 30.7. The maximum atomic E-state index is 14.6. The normalized spacial score (nSPS) is 13.9. The van der Waals surface area contributed by atoms with E-state index >= 15 is 0 Å². The molecular formula is C63H77N12O14S-. The predicted octanol–water partition coefficient (Wildman–Crippen LogP) is -1.91. The molecule has 0 saturated heterocycles. The zero-order chi connectivity index (χ0) is 65.4. The van der Waals surface area contributed by atoms with E-state index in [0.29, 0.717) is 27.8 Å². The lowest BCUT2D eigenvalue weighted by molar-refractivity contribution is -0.403. The van der Waals surface area contributed by atoms with E-state index in [-0.39, 0.29) is 63.0 Å². The molecule has 4 aromatic carbocycles. The van der Waals surface area contributed by atoms with Gasteiger partial charge >= 0.3 is 0 Å². The summed E-state index contributed by atoms with van der Waals surface area (Å²) in [4.78, 5) is 155. The molecule has 2 heterocycles. The first kappa shape index (κ1) is 69.3. The standard InChI is InChI=1S/C63H78N12O14S/c1-35(2)27-49(60(85)75-52(63(88)89)31-39-33-67-45-16-10-8-14-42(39)45)73-59(84)47(22-24-55(79)80)71-61(86)50(29-37-17-19-40(76)20-18-37)69-54(78)34-68-57(82)48(25-26-90-3)72-62(87)51(30-38-32-66-44-15-9-7-13-41(38)44)74-58(83)46(21-23-53(65)77)70-56(81)43(64)28-36-11-5-4-6-12-36/h4-20,32-33,35,43,46-52,66-67,76H,21-31,34,64H2,1-3H3,(H2,65,77)(H,68,82)(H,69,78)(H,70,81)(H,71,86)(H,72,87)(H,73,84)(H,74,83)(H,75,85)(H,79,80)(H,88,89)/p-1/t43-,46-,47-,48-,49-,50-,51-,52-/m0/s1. The van der Waals surface area contributed by atoms with Gasteiger partial charge in [0.15, 0.2) is 6.04 Å². The second-order valence-corrected chi connectivity index (χ2v) is 23.2. The van der Waals surface area contributed by atoms with Crippen LogP contribution in [0, 0.1) is 5.92 Å². The Balaban J connectivity index is 1.17. The summed E-state index contributed by atoms with van der Waals surface area (Å²) in [7, 11) is 0. The summed E-state index contributed by atoms with van der Waals surface area (Å²) in [5.41, 5.74) is 13.3. The monoisotopic (exact) mass is 1260 g/mol. The molecule has 0 bridgehead atoms. The number of primary amides is 1. The van der Waals surface area contributed by atoms with Gasteiger partial charge in [-0.2, -0.15) is 11.8 Å². The van der Waals surface area contributed by atoms with Crippen molar-refractivity contribution in [3.63, 3.8) is 0 Å². The quantitative estimate of drug-likeness (QED) is 0.0204. The highest BCUT2D eigenvalue weighted by molar-refractivity contribution is 7.98. The number of rotatable bonds is 36. The lowest BCUT2D eigenvalue weighted by Gasteiger charge is -2.28. The molecule has 90 heavy (non-hydrogen) atoms. The van der Waals surface area contributed by atoms with E-state index in [0.717, 1.165) is 22.0 Å². The van der Waals surface area contributed by atoms with Crippen molar-refractivity contribution in [2.45, 2.75) is 126 Å². The van der Waals surface area contributed by atoms with E-state index in [2.05, 4.69) is 58.2 Å². The molecule has 26 nitrogen and oxygen atoms in total. The van der Waals surface area contributed by atoms with Crippen molar-refractivity contribution in [1.82, 2.24) is 52.5 Å². The number of carbonyl (C=O) groups excluding carboxylic acids is 11. The van der Waals surface area contributed by atoms with E-state index in [1.165, 1.54) is 36.0 Å². The van der Waals surface area contributed by atoms with Crippen LogP contribution < -0.4 is 64.2 Å². The van der Waals surface area contributed by atoms with Crippen molar-refractivity contribution < 1.29 is 73.8 Å². The zero-order valence-electron chi connectivity index (χ0n) is 50.1. The summed E-state index contributed by atoms with van der Waals surface area (Å²) in [5.74, 6) is -11.1. The number of carboxylic acids is 2. The van der Waals surface area contributed by atoms with Crippen LogP contribution in [-0.2, 0) is 78.4 Å². The van der Waals surface area contributed by atoms with Gasteiger partial charge in [0, 0.05) is 72.3 Å². The average Bonchev–Trinajstić information content (AvgIpc) is 2.35. The van der Waals surface area contributed by atoms with Gasteiger partial charge in [0.25, 0.3) is 5.91 Å². The van der Waals surface area contributed by atoms with Crippen molar-refractivity contribution in [3.8, 4) is 5.75 Å². The number of thioether (sulfide) groups is 1. The fourth-order valence-electron chi connectivity index (χ4n) is 9.99. The van der Waals surface area contributed by atoms with Crippen molar-refractivity contribution >= 4 is 98.7 Å². The van der Waals surface area contributed by atoms with Gasteiger partial charge in [-0.25, -0.2) is 0 Å². The van der Waals surface area contributed by atoms with Crippen molar-refractivity contribution in [3.05, 3.63) is 138 Å². The number of quaternary nitrogens is 1. The third-order valence-corrected chi connectivity index (χ3v) is 15.4. The highest BCUT2D eigenvalue weighted by atomic mass is 32.2. The number of phenolic OH excluding ortho intramolecular Hbond substituents is 1. The molecule has 9 amide bonds. The first-order valence-electron chi connectivity index (χ1n) is 29.3. The molecule has 8 atom stereocenters. The van der Waals surface area contributed by atoms with Crippen LogP contribution in [0.25, 0.3) is 21.8 Å². The summed E-state index contributed by atoms with van der Waals surface area (Å²) in [6.45, 7) is 2.69. The molecule has 0 spiro atoms. The third kappa shape index (κ3) is 21.5. The number of nitrogens with one attached hydrogen (secondary N) is 10. The number of aromatic nitrogens is 2. The van der Waals surface area contributed by atoms with Gasteiger partial charge in [-0.15, -0.1) is 0 Å². The van der Waals surface area contributed by atoms with Crippen LogP contribution in [0.4, 0.5) is 0 Å². The Morgan fingerprint density at radius 1 is 0.522 bits per heavy atom. The Hall–Kier alpha value is -9.76. The van der Waals surface area contributed by atoms with Crippen molar-refractivity contribution in [2.24, 2.45) is 11.7 Å². The molecule has 480 valence electrons. The van der Waals surface area contributed by atoms with Crippen LogP contribution in [0.1, 0.15) is 74.6 Å². The zero-order valence-corrected chi connectivity index (χ0v) is 50.9. The molecule has 2 aromatic heterocycles. The van der Waals surface area contributed by atoms with Gasteiger partial charge in [-0.05, 0) is 96.5 Å². The number of amides is 9. The minimum Gasteiger partial charge on any atom is -0.550 e. The molecule has 6 rings (SSSR count). The molecule has 0 fully saturated rings. The Kier molecular flexibility index (Phi) is 26.3. The van der Waals surface area contributed by atoms with Gasteiger partial charge in [-0.1, -0.05) is 92.7 Å². The molecular weight excluding hydrogens is 1180 g/mol. The fraction of sp³-hybridized carbons (Fsp3) is 0.381. The van der Waals surface area contributed by atoms with Crippen LogP contribution in [-0.4, -0.2) is 147 Å². The molecule has 0 unspecified atom stereocenters. The molecule has 0 aliphatic heterocycles. The first-order chi connectivity index (χ1) is 43.0. The van der Waals surface area contributed by atoms with E-state index in [1.54, 1.807) is 87.1 Å². The molecule has 16 N–H and O–H groups in total. The Bertz CT molecular complexity index is 3490. The van der Waals surface area contributed by atoms with E-state index in [4.69, 9.17) is 5.73 Å². The second-order valence-electron chi connectivity index (χ2n) is 22.2. The lowest BCUT2D eigenvalue weighted by Crippen LogP contribution is -2.70. The van der Waals surface area contributed by atoms with Gasteiger partial charge in [0.05, 0.1) is 18.6 Å². The summed E-state index contributed by atoms with van der Waals surface area (Å²) in [5, 5.41) is 56.2. The number of carboxylic acid groups (broad SMARTS) is 2. The van der Waals surface area contributed by atoms with Crippen LogP contribution in [0.2, 0.25) is 0 Å². The number of aromatic amines is 2. The molecule has 0 saturated carbocycles. The number of H-pyrrole nitrogens is 2.